The summed E-state index contributed by atoms with van der Waals surface area (Å²) in [4.78, 5) is 17.0. The van der Waals surface area contributed by atoms with Crippen molar-refractivity contribution in [3.05, 3.63) is 33.6 Å². The van der Waals surface area contributed by atoms with E-state index in [-0.39, 0.29) is 0 Å². The molecule has 0 N–H and O–H groups in total. The minimum atomic E-state index is 0.762. The number of aryl methyl sites for hydroxylation is 3. The maximum absolute atomic E-state index is 10.9. The van der Waals surface area contributed by atoms with E-state index in [9.17, 15) is 4.79 Å². The number of hydrogen-bond donors (Lipinski definition) is 0. The molecule has 17 heavy (non-hydrogen) atoms. The van der Waals surface area contributed by atoms with Gasteiger partial charge in [-0.3, -0.25) is 9.36 Å². The van der Waals surface area contributed by atoms with Gasteiger partial charge in [-0.15, -0.1) is 11.3 Å². The number of aromatic nitrogens is 2. The Hall–Kier alpha value is -1.42. The SMILES string of the molecule is Cc1cc(C=O)c(C)n1-c1nc2c(s1)CCC2. The normalized spacial score (nSPS) is 14.0. The van der Waals surface area contributed by atoms with Crippen LogP contribution in [0.25, 0.3) is 5.13 Å². The zero-order valence-corrected chi connectivity index (χ0v) is 10.8. The third-order valence-electron chi connectivity index (χ3n) is 3.37. The van der Waals surface area contributed by atoms with Crippen molar-refractivity contribution in [2.24, 2.45) is 0 Å². The van der Waals surface area contributed by atoms with E-state index in [2.05, 4.69) is 4.57 Å². The standard InChI is InChI=1S/C13H14N2OS/c1-8-6-10(7-16)9(2)15(8)13-14-11-4-3-5-12(11)17-13/h6-7H,3-5H2,1-2H3. The van der Waals surface area contributed by atoms with Crippen LogP contribution in [0.1, 0.15) is 38.7 Å². The van der Waals surface area contributed by atoms with Gasteiger partial charge in [-0.2, -0.15) is 0 Å². The first kappa shape index (κ1) is 10.7. The molecule has 3 nitrogen and oxygen atoms in total. The number of nitrogens with zero attached hydrogens (tertiary/aromatic N) is 2. The van der Waals surface area contributed by atoms with Crippen molar-refractivity contribution in [1.29, 1.82) is 0 Å². The molecule has 3 rings (SSSR count). The van der Waals surface area contributed by atoms with Crippen LogP contribution in [0.2, 0.25) is 0 Å². The molecule has 1 aliphatic rings. The summed E-state index contributed by atoms with van der Waals surface area (Å²) < 4.78 is 2.09. The molecule has 0 aromatic carbocycles. The maximum Gasteiger partial charge on any atom is 0.194 e. The number of hydrogen-bond acceptors (Lipinski definition) is 3. The van der Waals surface area contributed by atoms with Gasteiger partial charge in [0, 0.05) is 21.8 Å². The molecule has 0 spiro atoms. The average molecular weight is 246 g/mol. The first-order chi connectivity index (χ1) is 8.20. The molecular formula is C13H14N2OS. The Bertz CT molecular complexity index is 573. The smallest absolute Gasteiger partial charge is 0.194 e. The molecule has 0 bridgehead atoms. The lowest BCUT2D eigenvalue weighted by Gasteiger charge is -2.04. The molecular weight excluding hydrogens is 232 g/mol. The minimum Gasteiger partial charge on any atom is -0.298 e. The molecule has 0 saturated heterocycles. The van der Waals surface area contributed by atoms with Crippen LogP contribution < -0.4 is 0 Å². The van der Waals surface area contributed by atoms with Gasteiger partial charge in [0.05, 0.1) is 5.69 Å². The van der Waals surface area contributed by atoms with Crippen molar-refractivity contribution in [3.63, 3.8) is 0 Å². The Morgan fingerprint density at radius 3 is 2.88 bits per heavy atom. The highest BCUT2D eigenvalue weighted by Gasteiger charge is 2.19. The summed E-state index contributed by atoms with van der Waals surface area (Å²) in [6.07, 6.45) is 4.41. The molecule has 0 fully saturated rings. The highest BCUT2D eigenvalue weighted by atomic mass is 32.1. The van der Waals surface area contributed by atoms with Crippen molar-refractivity contribution in [2.45, 2.75) is 33.1 Å². The van der Waals surface area contributed by atoms with E-state index >= 15 is 0 Å². The van der Waals surface area contributed by atoms with E-state index in [1.165, 1.54) is 17.0 Å². The zero-order chi connectivity index (χ0) is 12.0. The van der Waals surface area contributed by atoms with Gasteiger partial charge in [-0.05, 0) is 39.2 Å². The largest absolute Gasteiger partial charge is 0.298 e. The van der Waals surface area contributed by atoms with Crippen molar-refractivity contribution in [2.75, 3.05) is 0 Å². The van der Waals surface area contributed by atoms with Gasteiger partial charge in [0.1, 0.15) is 0 Å². The molecule has 1 aliphatic carbocycles. The fourth-order valence-electron chi connectivity index (χ4n) is 2.47. The Morgan fingerprint density at radius 1 is 1.41 bits per heavy atom. The Morgan fingerprint density at radius 2 is 2.24 bits per heavy atom. The first-order valence-electron chi connectivity index (χ1n) is 5.84. The van der Waals surface area contributed by atoms with Crippen LogP contribution in [0, 0.1) is 13.8 Å². The molecule has 88 valence electrons. The second-order valence-corrected chi connectivity index (χ2v) is 5.56. The molecule has 2 aromatic heterocycles. The Kier molecular flexibility index (Phi) is 2.40. The van der Waals surface area contributed by atoms with Crippen LogP contribution >= 0.6 is 11.3 Å². The third-order valence-corrected chi connectivity index (χ3v) is 4.52. The minimum absolute atomic E-state index is 0.762. The molecule has 2 aromatic rings. The number of rotatable bonds is 2. The van der Waals surface area contributed by atoms with E-state index < -0.39 is 0 Å². The van der Waals surface area contributed by atoms with Crippen molar-refractivity contribution in [3.8, 4) is 5.13 Å². The quantitative estimate of drug-likeness (QED) is 0.764. The molecule has 0 radical (unpaired) electrons. The van der Waals surface area contributed by atoms with Gasteiger partial charge in [0.25, 0.3) is 0 Å². The van der Waals surface area contributed by atoms with E-state index in [1.807, 2.05) is 19.9 Å². The average Bonchev–Trinajstić information content (AvgIpc) is 2.91. The molecule has 0 amide bonds. The lowest BCUT2D eigenvalue weighted by molar-refractivity contribution is 0.112. The molecule has 0 saturated carbocycles. The molecule has 2 heterocycles. The second-order valence-electron chi connectivity index (χ2n) is 4.50. The fraction of sp³-hybridized carbons (Fsp3) is 0.385. The number of thiazole rings is 1. The van der Waals surface area contributed by atoms with Crippen LogP contribution in [-0.4, -0.2) is 15.8 Å². The van der Waals surface area contributed by atoms with Crippen LogP contribution in [0.4, 0.5) is 0 Å². The van der Waals surface area contributed by atoms with Crippen LogP contribution in [0.15, 0.2) is 6.07 Å². The first-order valence-corrected chi connectivity index (χ1v) is 6.65. The van der Waals surface area contributed by atoms with E-state index in [4.69, 9.17) is 4.98 Å². The van der Waals surface area contributed by atoms with Gasteiger partial charge < -0.3 is 0 Å². The molecule has 0 unspecified atom stereocenters. The molecule has 0 atom stereocenters. The van der Waals surface area contributed by atoms with Crippen LogP contribution in [0.5, 0.6) is 0 Å². The highest BCUT2D eigenvalue weighted by molar-refractivity contribution is 7.14. The van der Waals surface area contributed by atoms with Gasteiger partial charge in [-0.25, -0.2) is 4.98 Å². The van der Waals surface area contributed by atoms with Crippen molar-refractivity contribution in [1.82, 2.24) is 9.55 Å². The summed E-state index contributed by atoms with van der Waals surface area (Å²) >= 11 is 1.76. The van der Waals surface area contributed by atoms with Gasteiger partial charge in [-0.1, -0.05) is 0 Å². The van der Waals surface area contributed by atoms with Gasteiger partial charge in [0.2, 0.25) is 0 Å². The van der Waals surface area contributed by atoms with E-state index in [1.54, 1.807) is 11.3 Å². The van der Waals surface area contributed by atoms with Crippen LogP contribution in [0.3, 0.4) is 0 Å². The summed E-state index contributed by atoms with van der Waals surface area (Å²) in [6.45, 7) is 4.00. The molecule has 4 heteroatoms. The third kappa shape index (κ3) is 1.55. The monoisotopic (exact) mass is 246 g/mol. The fourth-order valence-corrected chi connectivity index (χ4v) is 3.73. The van der Waals surface area contributed by atoms with Crippen molar-refractivity contribution < 1.29 is 4.79 Å². The summed E-state index contributed by atoms with van der Waals surface area (Å²) in [5.41, 5.74) is 4.09. The summed E-state index contributed by atoms with van der Waals surface area (Å²) in [5.74, 6) is 0. The second kappa shape index (κ2) is 3.81. The zero-order valence-electron chi connectivity index (χ0n) is 9.99. The predicted octanol–water partition coefficient (Wildman–Crippen LogP) is 2.85. The Labute approximate surface area is 104 Å². The maximum atomic E-state index is 10.9. The lowest BCUT2D eigenvalue weighted by Crippen LogP contribution is -1.99. The number of carbonyl (C=O) groups is 1. The van der Waals surface area contributed by atoms with E-state index in [0.29, 0.717) is 0 Å². The lowest BCUT2D eigenvalue weighted by atomic mass is 10.3. The Balaban J connectivity index is 2.14. The number of carbonyl (C=O) groups excluding carboxylic acids is 1. The van der Waals surface area contributed by atoms with E-state index in [0.717, 1.165) is 41.2 Å². The number of aldehydes is 1. The summed E-state index contributed by atoms with van der Waals surface area (Å²) in [6, 6.07) is 1.93. The highest BCUT2D eigenvalue weighted by Crippen LogP contribution is 2.31. The topological polar surface area (TPSA) is 34.9 Å². The molecule has 0 aliphatic heterocycles. The summed E-state index contributed by atoms with van der Waals surface area (Å²) in [7, 11) is 0. The number of fused-ring (bicyclic) bond motifs is 1. The predicted molar refractivity (Wildman–Crippen MR) is 68.3 cm³/mol. The van der Waals surface area contributed by atoms with Gasteiger partial charge in [0.15, 0.2) is 11.4 Å². The van der Waals surface area contributed by atoms with Crippen LogP contribution in [-0.2, 0) is 12.8 Å². The summed E-state index contributed by atoms with van der Waals surface area (Å²) in [5, 5.41) is 1.01. The van der Waals surface area contributed by atoms with Gasteiger partial charge >= 0.3 is 0 Å². The van der Waals surface area contributed by atoms with Crippen molar-refractivity contribution >= 4 is 17.6 Å².